The summed E-state index contributed by atoms with van der Waals surface area (Å²) in [4.78, 5) is 14.8. The second-order valence-electron chi connectivity index (χ2n) is 7.87. The van der Waals surface area contributed by atoms with Gasteiger partial charge < -0.3 is 10.2 Å². The monoisotopic (exact) mass is 364 g/mol. The van der Waals surface area contributed by atoms with E-state index in [1.165, 1.54) is 31.5 Å². The van der Waals surface area contributed by atoms with Crippen molar-refractivity contribution in [3.63, 3.8) is 0 Å². The Morgan fingerprint density at radius 3 is 2.56 bits per heavy atom. The number of carbonyl (C=O) groups excluding carboxylic acids is 1. The third-order valence-electron chi connectivity index (χ3n) is 5.79. The molecule has 3 rings (SSSR count). The molecule has 1 saturated heterocycles. The van der Waals surface area contributed by atoms with E-state index in [-0.39, 0.29) is 5.91 Å². The molecule has 144 valence electrons. The zero-order valence-corrected chi connectivity index (χ0v) is 16.4. The summed E-state index contributed by atoms with van der Waals surface area (Å²) >= 11 is 0. The molecule has 1 aliphatic rings. The number of rotatable bonds is 8. The highest BCUT2D eigenvalue weighted by atomic mass is 16.1. The normalized spacial score (nSPS) is 18.8. The molecule has 0 aliphatic carbocycles. The van der Waals surface area contributed by atoms with Gasteiger partial charge in [-0.15, -0.1) is 0 Å². The summed E-state index contributed by atoms with van der Waals surface area (Å²) in [6.45, 7) is 5.85. The highest BCUT2D eigenvalue weighted by Crippen LogP contribution is 2.27. The van der Waals surface area contributed by atoms with E-state index in [9.17, 15) is 4.79 Å². The van der Waals surface area contributed by atoms with E-state index in [4.69, 9.17) is 0 Å². The summed E-state index contributed by atoms with van der Waals surface area (Å²) in [5, 5.41) is 3.00. The maximum atomic E-state index is 12.2. The average Bonchev–Trinajstić information content (AvgIpc) is 2.72. The Bertz CT molecular complexity index is 686. The van der Waals surface area contributed by atoms with E-state index in [0.717, 1.165) is 25.1 Å². The molecule has 0 saturated carbocycles. The Morgan fingerprint density at radius 2 is 1.81 bits per heavy atom. The van der Waals surface area contributed by atoms with Crippen LogP contribution in [0.5, 0.6) is 0 Å². The molecular weight excluding hydrogens is 332 g/mol. The molecule has 1 heterocycles. The highest BCUT2D eigenvalue weighted by Gasteiger charge is 2.24. The number of piperidine rings is 1. The quantitative estimate of drug-likeness (QED) is 0.715. The maximum Gasteiger partial charge on any atom is 0.224 e. The third-order valence-corrected chi connectivity index (χ3v) is 5.79. The smallest absolute Gasteiger partial charge is 0.224 e. The number of hydrogen-bond donors (Lipinski definition) is 1. The highest BCUT2D eigenvalue weighted by molar-refractivity contribution is 5.90. The van der Waals surface area contributed by atoms with Gasteiger partial charge >= 0.3 is 0 Å². The second kappa shape index (κ2) is 10.3. The molecule has 27 heavy (non-hydrogen) atoms. The van der Waals surface area contributed by atoms with Gasteiger partial charge in [0.2, 0.25) is 5.91 Å². The van der Waals surface area contributed by atoms with Gasteiger partial charge in [0, 0.05) is 25.2 Å². The minimum absolute atomic E-state index is 0.129. The predicted octanol–water partition coefficient (Wildman–Crippen LogP) is 5.00. The Kier molecular flexibility index (Phi) is 7.46. The van der Waals surface area contributed by atoms with Crippen LogP contribution >= 0.6 is 0 Å². The fourth-order valence-corrected chi connectivity index (χ4v) is 4.03. The number of likely N-dealkylation sites (tertiary alicyclic amines) is 1. The Labute approximate surface area is 163 Å². The van der Waals surface area contributed by atoms with E-state index in [0.29, 0.717) is 18.3 Å². The van der Waals surface area contributed by atoms with Gasteiger partial charge in [0.1, 0.15) is 0 Å². The van der Waals surface area contributed by atoms with Crippen molar-refractivity contribution in [2.45, 2.75) is 39.0 Å². The van der Waals surface area contributed by atoms with Crippen molar-refractivity contribution in [2.24, 2.45) is 11.8 Å². The van der Waals surface area contributed by atoms with Crippen LogP contribution in [-0.4, -0.2) is 30.4 Å². The van der Waals surface area contributed by atoms with Crippen molar-refractivity contribution in [3.05, 3.63) is 66.2 Å². The number of hydrogen-bond acceptors (Lipinski definition) is 2. The molecule has 1 N–H and O–H groups in total. The number of carbonyl (C=O) groups is 1. The molecule has 1 fully saturated rings. The van der Waals surface area contributed by atoms with Gasteiger partial charge in [-0.25, -0.2) is 0 Å². The minimum Gasteiger partial charge on any atom is -0.326 e. The molecule has 2 aromatic carbocycles. The molecule has 3 nitrogen and oxygen atoms in total. The lowest BCUT2D eigenvalue weighted by Gasteiger charge is -2.36. The molecule has 3 heteroatoms. The molecule has 2 unspecified atom stereocenters. The van der Waals surface area contributed by atoms with Crippen LogP contribution in [0.15, 0.2) is 60.7 Å². The van der Waals surface area contributed by atoms with Crippen molar-refractivity contribution in [1.29, 1.82) is 0 Å². The first kappa shape index (κ1) is 19.6. The fourth-order valence-electron chi connectivity index (χ4n) is 4.03. The first-order valence-electron chi connectivity index (χ1n) is 10.3. The summed E-state index contributed by atoms with van der Waals surface area (Å²) < 4.78 is 0. The lowest BCUT2D eigenvalue weighted by atomic mass is 9.84. The SMILES string of the molecule is CC(CCC(=O)Nc1ccccc1)C1CCCN(CCc2ccccc2)C1. The number of benzene rings is 2. The fraction of sp³-hybridized carbons (Fsp3) is 0.458. The number of anilines is 1. The van der Waals surface area contributed by atoms with Crippen LogP contribution < -0.4 is 5.32 Å². The first-order chi connectivity index (χ1) is 13.2. The summed E-state index contributed by atoms with van der Waals surface area (Å²) in [7, 11) is 0. The zero-order valence-electron chi connectivity index (χ0n) is 16.4. The van der Waals surface area contributed by atoms with E-state index in [2.05, 4.69) is 47.5 Å². The van der Waals surface area contributed by atoms with Crippen molar-refractivity contribution >= 4 is 11.6 Å². The van der Waals surface area contributed by atoms with Crippen molar-refractivity contribution in [1.82, 2.24) is 4.90 Å². The summed E-state index contributed by atoms with van der Waals surface area (Å²) in [6, 6.07) is 20.5. The van der Waals surface area contributed by atoms with Crippen LogP contribution in [0.4, 0.5) is 5.69 Å². The van der Waals surface area contributed by atoms with E-state index >= 15 is 0 Å². The van der Waals surface area contributed by atoms with Crippen LogP contribution in [0, 0.1) is 11.8 Å². The third kappa shape index (κ3) is 6.51. The van der Waals surface area contributed by atoms with Crippen molar-refractivity contribution in [3.8, 4) is 0 Å². The van der Waals surface area contributed by atoms with Gasteiger partial charge in [0.05, 0.1) is 0 Å². The van der Waals surface area contributed by atoms with E-state index in [1.807, 2.05) is 30.3 Å². The summed E-state index contributed by atoms with van der Waals surface area (Å²) in [5.74, 6) is 1.43. The molecule has 2 aromatic rings. The average molecular weight is 365 g/mol. The molecule has 0 bridgehead atoms. The molecule has 0 aromatic heterocycles. The number of para-hydroxylation sites is 1. The van der Waals surface area contributed by atoms with Crippen molar-refractivity contribution < 1.29 is 4.79 Å². The number of nitrogens with zero attached hydrogens (tertiary/aromatic N) is 1. The van der Waals surface area contributed by atoms with Crippen LogP contribution in [0.3, 0.4) is 0 Å². The maximum absolute atomic E-state index is 12.2. The molecule has 1 aliphatic heterocycles. The summed E-state index contributed by atoms with van der Waals surface area (Å²) in [5.41, 5.74) is 2.31. The predicted molar refractivity (Wildman–Crippen MR) is 113 cm³/mol. The van der Waals surface area contributed by atoms with E-state index < -0.39 is 0 Å². The molecule has 0 radical (unpaired) electrons. The molecule has 0 spiro atoms. The number of nitrogens with one attached hydrogen (secondary N) is 1. The van der Waals surface area contributed by atoms with Crippen LogP contribution in [0.25, 0.3) is 0 Å². The Balaban J connectivity index is 1.40. The lowest BCUT2D eigenvalue weighted by molar-refractivity contribution is -0.116. The largest absolute Gasteiger partial charge is 0.326 e. The Hall–Kier alpha value is -2.13. The lowest BCUT2D eigenvalue weighted by Crippen LogP contribution is -2.39. The second-order valence-corrected chi connectivity index (χ2v) is 7.87. The Morgan fingerprint density at radius 1 is 1.11 bits per heavy atom. The van der Waals surface area contributed by atoms with Crippen LogP contribution in [0.2, 0.25) is 0 Å². The summed E-state index contributed by atoms with van der Waals surface area (Å²) in [6.07, 6.45) is 5.27. The number of amides is 1. The van der Waals surface area contributed by atoms with Gasteiger partial charge in [0.25, 0.3) is 0 Å². The molecular formula is C24H32N2O. The topological polar surface area (TPSA) is 32.3 Å². The van der Waals surface area contributed by atoms with Crippen LogP contribution in [-0.2, 0) is 11.2 Å². The van der Waals surface area contributed by atoms with Gasteiger partial charge in [-0.05, 0) is 61.8 Å². The van der Waals surface area contributed by atoms with E-state index in [1.54, 1.807) is 0 Å². The van der Waals surface area contributed by atoms with Crippen LogP contribution in [0.1, 0.15) is 38.2 Å². The van der Waals surface area contributed by atoms with Gasteiger partial charge in [-0.3, -0.25) is 4.79 Å². The minimum atomic E-state index is 0.129. The molecule has 2 atom stereocenters. The first-order valence-corrected chi connectivity index (χ1v) is 10.3. The van der Waals surface area contributed by atoms with Gasteiger partial charge in [0.15, 0.2) is 0 Å². The molecule has 1 amide bonds. The van der Waals surface area contributed by atoms with Gasteiger partial charge in [-0.1, -0.05) is 55.5 Å². The zero-order chi connectivity index (χ0) is 18.9. The standard InChI is InChI=1S/C24H32N2O/c1-20(14-15-24(27)25-23-12-6-3-7-13-23)22-11-8-17-26(19-22)18-16-21-9-4-2-5-10-21/h2-7,9-10,12-13,20,22H,8,11,14-19H2,1H3,(H,25,27). The van der Waals surface area contributed by atoms with Crippen molar-refractivity contribution in [2.75, 3.05) is 25.0 Å². The van der Waals surface area contributed by atoms with Gasteiger partial charge in [-0.2, -0.15) is 0 Å².